The van der Waals surface area contributed by atoms with E-state index in [0.29, 0.717) is 35.8 Å². The molecule has 1 saturated heterocycles. The minimum Gasteiger partial charge on any atom is -0.490 e. The highest BCUT2D eigenvalue weighted by molar-refractivity contribution is 7.80. The van der Waals surface area contributed by atoms with Crippen molar-refractivity contribution in [3.8, 4) is 11.5 Å². The van der Waals surface area contributed by atoms with Gasteiger partial charge in [-0.25, -0.2) is 0 Å². The number of ether oxygens (including phenoxy) is 2. The van der Waals surface area contributed by atoms with Gasteiger partial charge in [0.1, 0.15) is 24.7 Å². The number of thiocarbonyl (C=S) groups is 1. The van der Waals surface area contributed by atoms with Gasteiger partial charge in [0.05, 0.1) is 0 Å². The van der Waals surface area contributed by atoms with E-state index >= 15 is 0 Å². The fourth-order valence-electron chi connectivity index (χ4n) is 3.89. The van der Waals surface area contributed by atoms with Gasteiger partial charge in [-0.05, 0) is 86.1 Å². The molecule has 0 atom stereocenters. The van der Waals surface area contributed by atoms with Crippen LogP contribution in [0.3, 0.4) is 0 Å². The molecule has 2 N–H and O–H groups in total. The maximum atomic E-state index is 12.8. The predicted molar refractivity (Wildman–Crippen MR) is 144 cm³/mol. The average molecular weight is 504 g/mol. The summed E-state index contributed by atoms with van der Waals surface area (Å²) in [5.74, 6) is 1.10. The Morgan fingerprint density at radius 1 is 0.778 bits per heavy atom. The number of anilines is 1. The molecule has 1 aliphatic rings. The Kier molecular flexibility index (Phi) is 8.88. The quantitative estimate of drug-likeness (QED) is 0.336. The summed E-state index contributed by atoms with van der Waals surface area (Å²) >= 11 is 5.31. The van der Waals surface area contributed by atoms with Crippen molar-refractivity contribution >= 4 is 34.8 Å². The van der Waals surface area contributed by atoms with Gasteiger partial charge >= 0.3 is 0 Å². The number of nitrogens with zero attached hydrogens (tertiary/aromatic N) is 1. The third-order valence-corrected chi connectivity index (χ3v) is 5.92. The summed E-state index contributed by atoms with van der Waals surface area (Å²) in [6.45, 7) is 2.37. The van der Waals surface area contributed by atoms with Crippen LogP contribution in [0.2, 0.25) is 0 Å². The molecule has 2 amide bonds. The van der Waals surface area contributed by atoms with Crippen molar-refractivity contribution in [1.29, 1.82) is 0 Å². The first-order valence-corrected chi connectivity index (χ1v) is 12.4. The molecule has 7 nitrogen and oxygen atoms in total. The number of carbonyl (C=O) groups is 2. The zero-order chi connectivity index (χ0) is 25.2. The molecule has 1 aliphatic heterocycles. The van der Waals surface area contributed by atoms with E-state index in [2.05, 4.69) is 10.6 Å². The first-order chi connectivity index (χ1) is 17.6. The molecule has 0 unspecified atom stereocenters. The molecular formula is C28H29N3O4S. The summed E-state index contributed by atoms with van der Waals surface area (Å²) in [7, 11) is 0. The van der Waals surface area contributed by atoms with Crippen molar-refractivity contribution in [2.45, 2.75) is 19.3 Å². The highest BCUT2D eigenvalue weighted by Gasteiger charge is 2.18. The highest BCUT2D eigenvalue weighted by atomic mass is 32.1. The number of hydrogen-bond donors (Lipinski definition) is 2. The normalized spacial score (nSPS) is 12.9. The Bertz CT molecular complexity index is 1180. The number of benzene rings is 3. The molecule has 1 fully saturated rings. The van der Waals surface area contributed by atoms with Crippen LogP contribution in [0, 0.1) is 0 Å². The summed E-state index contributed by atoms with van der Waals surface area (Å²) in [6, 6.07) is 23.5. The lowest BCUT2D eigenvalue weighted by atomic mass is 10.1. The van der Waals surface area contributed by atoms with Crippen LogP contribution >= 0.6 is 12.2 Å². The molecule has 0 saturated carbocycles. The molecule has 0 aromatic heterocycles. The molecular weight excluding hydrogens is 474 g/mol. The number of carbonyl (C=O) groups excluding carboxylic acids is 2. The van der Waals surface area contributed by atoms with E-state index in [-0.39, 0.29) is 16.9 Å². The second-order valence-electron chi connectivity index (χ2n) is 8.38. The van der Waals surface area contributed by atoms with Gasteiger partial charge in [0, 0.05) is 29.9 Å². The number of rotatable bonds is 8. The Labute approximate surface area is 216 Å². The fourth-order valence-corrected chi connectivity index (χ4v) is 4.10. The van der Waals surface area contributed by atoms with Gasteiger partial charge in [-0.2, -0.15) is 0 Å². The van der Waals surface area contributed by atoms with Crippen molar-refractivity contribution in [1.82, 2.24) is 10.2 Å². The minimum absolute atomic E-state index is 0.0160. The monoisotopic (exact) mass is 503 g/mol. The summed E-state index contributed by atoms with van der Waals surface area (Å²) in [5, 5.41) is 5.82. The second kappa shape index (κ2) is 12.7. The topological polar surface area (TPSA) is 79.9 Å². The van der Waals surface area contributed by atoms with Gasteiger partial charge in [0.15, 0.2) is 5.11 Å². The molecule has 8 heteroatoms. The van der Waals surface area contributed by atoms with E-state index in [4.69, 9.17) is 21.7 Å². The van der Waals surface area contributed by atoms with Gasteiger partial charge < -0.3 is 19.7 Å². The van der Waals surface area contributed by atoms with Crippen LogP contribution < -0.4 is 20.1 Å². The van der Waals surface area contributed by atoms with E-state index in [0.717, 1.165) is 31.7 Å². The van der Waals surface area contributed by atoms with Crippen LogP contribution in [0.4, 0.5) is 5.69 Å². The van der Waals surface area contributed by atoms with Crippen molar-refractivity contribution in [2.24, 2.45) is 0 Å². The van der Waals surface area contributed by atoms with Gasteiger partial charge in [0.25, 0.3) is 11.8 Å². The molecule has 186 valence electrons. The third-order valence-electron chi connectivity index (χ3n) is 5.72. The molecule has 3 aromatic carbocycles. The summed E-state index contributed by atoms with van der Waals surface area (Å²) in [4.78, 5) is 27.2. The maximum absolute atomic E-state index is 12.8. The molecule has 0 bridgehead atoms. The zero-order valence-electron chi connectivity index (χ0n) is 19.9. The zero-order valence-corrected chi connectivity index (χ0v) is 20.8. The number of nitrogens with one attached hydrogen (secondary N) is 2. The number of likely N-dealkylation sites (tertiary alicyclic amines) is 1. The lowest BCUT2D eigenvalue weighted by molar-refractivity contribution is 0.0724. The van der Waals surface area contributed by atoms with Crippen LogP contribution in [0.5, 0.6) is 11.5 Å². The largest absolute Gasteiger partial charge is 0.490 e. The summed E-state index contributed by atoms with van der Waals surface area (Å²) in [6.07, 6.45) is 3.24. The van der Waals surface area contributed by atoms with E-state index in [1.807, 2.05) is 35.2 Å². The smallest absolute Gasteiger partial charge is 0.257 e. The third kappa shape index (κ3) is 7.29. The first kappa shape index (κ1) is 25.2. The van der Waals surface area contributed by atoms with Crippen molar-refractivity contribution in [3.63, 3.8) is 0 Å². The van der Waals surface area contributed by atoms with Crippen LogP contribution in [0.25, 0.3) is 0 Å². The standard InChI is InChI=1S/C28H29N3O4S/c32-26(21-12-14-25(15-13-21)35-19-18-34-24-10-3-1-4-11-24)30-28(36)29-23-9-7-8-22(20-23)27(33)31-16-5-2-6-17-31/h1,3-4,7-15,20H,2,5-6,16-19H2,(H2,29,30,32,36). The fraction of sp³-hybridized carbons (Fsp3) is 0.250. The van der Waals surface area contributed by atoms with E-state index in [1.54, 1.807) is 48.5 Å². The Hall–Kier alpha value is -3.91. The van der Waals surface area contributed by atoms with Crippen molar-refractivity contribution in [2.75, 3.05) is 31.6 Å². The Morgan fingerprint density at radius 2 is 1.44 bits per heavy atom. The SMILES string of the molecule is O=C(NC(=S)Nc1cccc(C(=O)N2CCCCC2)c1)c1ccc(OCCOc2ccccc2)cc1. The van der Waals surface area contributed by atoms with Crippen LogP contribution in [-0.2, 0) is 0 Å². The lowest BCUT2D eigenvalue weighted by Gasteiger charge is -2.26. The van der Waals surface area contributed by atoms with Crippen molar-refractivity contribution < 1.29 is 19.1 Å². The average Bonchev–Trinajstić information content (AvgIpc) is 2.92. The number of piperidine rings is 1. The maximum Gasteiger partial charge on any atom is 0.257 e. The summed E-state index contributed by atoms with van der Waals surface area (Å²) < 4.78 is 11.3. The second-order valence-corrected chi connectivity index (χ2v) is 8.78. The number of amides is 2. The lowest BCUT2D eigenvalue weighted by Crippen LogP contribution is -2.36. The van der Waals surface area contributed by atoms with Gasteiger partial charge in [-0.1, -0.05) is 24.3 Å². The molecule has 0 aliphatic carbocycles. The minimum atomic E-state index is -0.341. The predicted octanol–water partition coefficient (Wildman–Crippen LogP) is 4.90. The van der Waals surface area contributed by atoms with Crippen LogP contribution in [-0.4, -0.2) is 48.1 Å². The van der Waals surface area contributed by atoms with E-state index in [1.165, 1.54) is 6.42 Å². The molecule has 4 rings (SSSR count). The van der Waals surface area contributed by atoms with Gasteiger partial charge in [-0.3, -0.25) is 14.9 Å². The molecule has 0 radical (unpaired) electrons. The van der Waals surface area contributed by atoms with Crippen LogP contribution in [0.1, 0.15) is 40.0 Å². The van der Waals surface area contributed by atoms with E-state index in [9.17, 15) is 9.59 Å². The molecule has 1 heterocycles. The highest BCUT2D eigenvalue weighted by Crippen LogP contribution is 2.17. The molecule has 3 aromatic rings. The van der Waals surface area contributed by atoms with Crippen LogP contribution in [0.15, 0.2) is 78.9 Å². The van der Waals surface area contributed by atoms with Crippen molar-refractivity contribution in [3.05, 3.63) is 90.0 Å². The number of para-hydroxylation sites is 1. The Morgan fingerprint density at radius 3 is 2.14 bits per heavy atom. The van der Waals surface area contributed by atoms with E-state index < -0.39 is 0 Å². The molecule has 36 heavy (non-hydrogen) atoms. The first-order valence-electron chi connectivity index (χ1n) is 12.0. The van der Waals surface area contributed by atoms with Gasteiger partial charge in [0.2, 0.25) is 0 Å². The van der Waals surface area contributed by atoms with Gasteiger partial charge in [-0.15, -0.1) is 0 Å². The molecule has 0 spiro atoms. The summed E-state index contributed by atoms with van der Waals surface area (Å²) in [5.41, 5.74) is 1.69. The number of hydrogen-bond acceptors (Lipinski definition) is 5. The Balaban J connectivity index is 1.23.